The molecule has 32 valence electrons. The van der Waals surface area contributed by atoms with Crippen LogP contribution in [0.4, 0.5) is 0 Å². The van der Waals surface area contributed by atoms with E-state index in [4.69, 9.17) is 0 Å². The van der Waals surface area contributed by atoms with E-state index in [2.05, 4.69) is 10.5 Å². The van der Waals surface area contributed by atoms with Crippen molar-refractivity contribution in [1.82, 2.24) is 0 Å². The average molecular weight is 266 g/mol. The van der Waals surface area contributed by atoms with E-state index in [-0.39, 0.29) is 0 Å². The summed E-state index contributed by atoms with van der Waals surface area (Å²) >= 11 is 2.08. The van der Waals surface area contributed by atoms with Crippen molar-refractivity contribution in [3.05, 3.63) is 0 Å². The molecule has 1 heterocycles. The number of hydrogen-bond donors (Lipinski definition) is 0. The van der Waals surface area contributed by atoms with Crippen LogP contribution in [-0.4, -0.2) is 48.9 Å². The SMILES string of the molecule is CC1=[As]C=[As][AsH]1. The summed E-state index contributed by atoms with van der Waals surface area (Å²) in [6, 6.07) is 0. The molecule has 0 radical (unpaired) electrons. The van der Waals surface area contributed by atoms with Crippen molar-refractivity contribution in [3.8, 4) is 0 Å². The normalized spacial score (nSPS) is 27.8. The molecule has 1 unspecified atom stereocenters. The molecule has 0 spiro atoms. The van der Waals surface area contributed by atoms with E-state index in [1.165, 1.54) is 0 Å². The van der Waals surface area contributed by atoms with Gasteiger partial charge in [0.25, 0.3) is 0 Å². The minimum absolute atomic E-state index is 0.566. The van der Waals surface area contributed by atoms with Crippen molar-refractivity contribution in [2.45, 2.75) is 6.92 Å². The number of rotatable bonds is 0. The van der Waals surface area contributed by atoms with Crippen molar-refractivity contribution in [1.29, 1.82) is 0 Å². The van der Waals surface area contributed by atoms with Crippen LogP contribution < -0.4 is 0 Å². The van der Waals surface area contributed by atoms with E-state index in [0.717, 1.165) is 13.2 Å². The topological polar surface area (TPSA) is 0 Å². The van der Waals surface area contributed by atoms with Gasteiger partial charge in [0.1, 0.15) is 0 Å². The maximum absolute atomic E-state index is 2.59. The zero-order chi connectivity index (χ0) is 4.41. The van der Waals surface area contributed by atoms with Crippen molar-refractivity contribution in [2.75, 3.05) is 0 Å². The summed E-state index contributed by atoms with van der Waals surface area (Å²) in [5, 5.41) is 0. The Morgan fingerprint density at radius 2 is 2.67 bits per heavy atom. The zero-order valence-corrected chi connectivity index (χ0v) is 9.32. The Bertz CT molecular complexity index is 103. The molecule has 3 heteroatoms. The second kappa shape index (κ2) is 2.66. The van der Waals surface area contributed by atoms with Gasteiger partial charge in [-0.05, 0) is 0 Å². The fraction of sp³-hybridized carbons (Fsp3) is 0.333. The van der Waals surface area contributed by atoms with Gasteiger partial charge in [0.15, 0.2) is 0 Å². The van der Waals surface area contributed by atoms with E-state index in [1.54, 1.807) is 0 Å². The first-order valence-corrected chi connectivity index (χ1v) is 11.7. The van der Waals surface area contributed by atoms with Gasteiger partial charge in [0, 0.05) is 0 Å². The van der Waals surface area contributed by atoms with Gasteiger partial charge in [-0.25, -0.2) is 0 Å². The van der Waals surface area contributed by atoms with Gasteiger partial charge in [-0.2, -0.15) is 0 Å². The van der Waals surface area contributed by atoms with Crippen LogP contribution in [0.2, 0.25) is 0 Å². The first-order valence-electron chi connectivity index (χ1n) is 1.71. The standard InChI is InChI=1S/C3H5As3/c1-3-4-2-5-6-3/h2,6H,1H3. The molecule has 0 aromatic rings. The quantitative estimate of drug-likeness (QED) is 0.476. The Hall–Kier alpha value is 1.42. The van der Waals surface area contributed by atoms with Crippen molar-refractivity contribution in [3.63, 3.8) is 0 Å². The van der Waals surface area contributed by atoms with E-state index >= 15 is 0 Å². The Balaban J connectivity index is 2.61. The van der Waals surface area contributed by atoms with Crippen LogP contribution in [0.1, 0.15) is 6.92 Å². The zero-order valence-electron chi connectivity index (χ0n) is 3.47. The summed E-state index contributed by atoms with van der Waals surface area (Å²) in [5.41, 5.74) is 0. The molecule has 0 aromatic carbocycles. The Morgan fingerprint density at radius 1 is 1.83 bits per heavy atom. The third-order valence-electron chi connectivity index (χ3n) is 0.535. The predicted molar refractivity (Wildman–Crippen MR) is 35.4 cm³/mol. The van der Waals surface area contributed by atoms with Gasteiger partial charge >= 0.3 is 55.8 Å². The molecule has 0 nitrogen and oxygen atoms in total. The van der Waals surface area contributed by atoms with Gasteiger partial charge < -0.3 is 0 Å². The van der Waals surface area contributed by atoms with E-state index in [9.17, 15) is 0 Å². The average Bonchev–Trinajstić information content (AvgIpc) is 1.86. The maximum atomic E-state index is 2.59. The van der Waals surface area contributed by atoms with Crippen LogP contribution in [-0.2, 0) is 0 Å². The van der Waals surface area contributed by atoms with Crippen molar-refractivity contribution >= 4 is 48.9 Å². The summed E-state index contributed by atoms with van der Waals surface area (Å²) in [5.74, 6) is 0. The molecule has 0 saturated heterocycles. The molecule has 0 bridgehead atoms. The summed E-state index contributed by atoms with van der Waals surface area (Å²) in [4.78, 5) is 0. The molecule has 0 saturated carbocycles. The van der Waals surface area contributed by atoms with Gasteiger partial charge in [0.05, 0.1) is 0 Å². The van der Waals surface area contributed by atoms with Crippen molar-refractivity contribution < 1.29 is 0 Å². The first kappa shape index (κ1) is 5.55. The van der Waals surface area contributed by atoms with Gasteiger partial charge in [-0.15, -0.1) is 0 Å². The fourth-order valence-electron chi connectivity index (χ4n) is 0.267. The molecule has 0 aromatic heterocycles. The van der Waals surface area contributed by atoms with E-state index in [1.807, 2.05) is 3.09 Å². The van der Waals surface area contributed by atoms with Gasteiger partial charge in [-0.1, -0.05) is 0 Å². The molecular formula is C3H5As3. The van der Waals surface area contributed by atoms with E-state index in [0.29, 0.717) is 29.0 Å². The van der Waals surface area contributed by atoms with Crippen LogP contribution in [0, 0.1) is 0 Å². The molecule has 1 rings (SSSR count). The molecule has 6 heavy (non-hydrogen) atoms. The molecule has 0 aliphatic carbocycles. The van der Waals surface area contributed by atoms with Crippen LogP contribution >= 0.6 is 0 Å². The molecule has 1 aliphatic rings. The first-order chi connectivity index (χ1) is 2.89. The second-order valence-corrected chi connectivity index (χ2v) is 15.8. The van der Waals surface area contributed by atoms with E-state index < -0.39 is 0 Å². The Labute approximate surface area is 55.5 Å². The van der Waals surface area contributed by atoms with Gasteiger partial charge in [-0.3, -0.25) is 0 Å². The molecule has 0 fully saturated rings. The molecular weight excluding hydrogens is 261 g/mol. The van der Waals surface area contributed by atoms with Crippen LogP contribution in [0.3, 0.4) is 0 Å². The second-order valence-electron chi connectivity index (χ2n) is 1.07. The third kappa shape index (κ3) is 1.49. The summed E-state index contributed by atoms with van der Waals surface area (Å²) in [7, 11) is 0. The fourth-order valence-corrected chi connectivity index (χ4v) is 23.6. The van der Waals surface area contributed by atoms with Gasteiger partial charge in [0.2, 0.25) is 0 Å². The Kier molecular flexibility index (Phi) is 2.46. The molecule has 1 aliphatic heterocycles. The summed E-state index contributed by atoms with van der Waals surface area (Å²) in [6.07, 6.45) is 0. The molecule has 0 N–H and O–H groups in total. The van der Waals surface area contributed by atoms with Crippen LogP contribution in [0.15, 0.2) is 0 Å². The van der Waals surface area contributed by atoms with Crippen LogP contribution in [0.5, 0.6) is 0 Å². The third-order valence-corrected chi connectivity index (χ3v) is 23.8. The predicted octanol–water partition coefficient (Wildman–Crippen LogP) is -1.33. The van der Waals surface area contributed by atoms with Crippen molar-refractivity contribution in [2.24, 2.45) is 0 Å². The molecule has 1 atom stereocenters. The summed E-state index contributed by atoms with van der Waals surface area (Å²) in [6.45, 7) is 2.35. The number of hydrogen-bond acceptors (Lipinski definition) is 0. The monoisotopic (exact) mass is 266 g/mol. The van der Waals surface area contributed by atoms with Crippen LogP contribution in [0.25, 0.3) is 0 Å². The minimum atomic E-state index is 0.566. The Morgan fingerprint density at radius 3 is 2.83 bits per heavy atom. The molecule has 0 amide bonds. The summed E-state index contributed by atoms with van der Waals surface area (Å²) < 4.78 is 4.49.